The summed E-state index contributed by atoms with van der Waals surface area (Å²) in [7, 11) is 0. The fourth-order valence-corrected chi connectivity index (χ4v) is 3.70. The van der Waals surface area contributed by atoms with Gasteiger partial charge in [0.15, 0.2) is 0 Å². The first-order valence-corrected chi connectivity index (χ1v) is 10.3. The molecule has 7 heteroatoms. The Morgan fingerprint density at radius 1 is 0.929 bits per heavy atom. The summed E-state index contributed by atoms with van der Waals surface area (Å²) in [5.74, 6) is 2.73. The molecule has 0 spiro atoms. The zero-order chi connectivity index (χ0) is 19.9. The molecule has 0 atom stereocenters. The van der Waals surface area contributed by atoms with Gasteiger partial charge < -0.3 is 15.1 Å². The summed E-state index contributed by atoms with van der Waals surface area (Å²) in [6, 6.07) is 9.08. The van der Waals surface area contributed by atoms with Crippen LogP contribution in [0.3, 0.4) is 0 Å². The maximum atomic E-state index is 4.73. The fraction of sp³-hybridized carbons (Fsp3) is 0.571. The van der Waals surface area contributed by atoms with E-state index >= 15 is 0 Å². The first kappa shape index (κ1) is 20.3. The molecule has 1 fully saturated rings. The van der Waals surface area contributed by atoms with E-state index in [0.29, 0.717) is 12.1 Å². The van der Waals surface area contributed by atoms with E-state index in [1.165, 1.54) is 0 Å². The molecular formula is C21H33N7. The fourth-order valence-electron chi connectivity index (χ4n) is 3.70. The molecule has 7 nitrogen and oxygen atoms in total. The highest BCUT2D eigenvalue weighted by Gasteiger charge is 2.20. The van der Waals surface area contributed by atoms with Gasteiger partial charge in [0.1, 0.15) is 11.6 Å². The lowest BCUT2D eigenvalue weighted by atomic mass is 10.2. The van der Waals surface area contributed by atoms with Crippen LogP contribution in [0.25, 0.3) is 0 Å². The molecular weight excluding hydrogens is 350 g/mol. The molecule has 0 radical (unpaired) electrons. The second-order valence-corrected chi connectivity index (χ2v) is 7.76. The molecule has 0 aliphatic carbocycles. The van der Waals surface area contributed by atoms with Crippen molar-refractivity contribution in [2.24, 2.45) is 0 Å². The maximum absolute atomic E-state index is 4.73. The molecule has 1 aliphatic rings. The van der Waals surface area contributed by atoms with Crippen LogP contribution in [0.5, 0.6) is 0 Å². The topological polar surface area (TPSA) is 60.4 Å². The Bertz CT molecular complexity index is 704. The van der Waals surface area contributed by atoms with Crippen molar-refractivity contribution >= 4 is 17.6 Å². The predicted molar refractivity (Wildman–Crippen MR) is 116 cm³/mol. The van der Waals surface area contributed by atoms with Crippen LogP contribution in [0.2, 0.25) is 0 Å². The van der Waals surface area contributed by atoms with Gasteiger partial charge in [-0.2, -0.15) is 4.98 Å². The summed E-state index contributed by atoms with van der Waals surface area (Å²) in [6.07, 6.45) is 3.69. The van der Waals surface area contributed by atoms with E-state index in [1.807, 2.05) is 30.6 Å². The number of hydrogen-bond donors (Lipinski definition) is 1. The van der Waals surface area contributed by atoms with Gasteiger partial charge >= 0.3 is 0 Å². The summed E-state index contributed by atoms with van der Waals surface area (Å²) < 4.78 is 0. The van der Waals surface area contributed by atoms with Crippen molar-refractivity contribution < 1.29 is 0 Å². The summed E-state index contributed by atoms with van der Waals surface area (Å²) in [5, 5.41) is 3.46. The number of hydrogen-bond acceptors (Lipinski definition) is 7. The molecule has 2 aromatic heterocycles. The van der Waals surface area contributed by atoms with Crippen molar-refractivity contribution in [3.05, 3.63) is 36.7 Å². The van der Waals surface area contributed by atoms with Crippen molar-refractivity contribution in [2.45, 2.75) is 39.8 Å². The summed E-state index contributed by atoms with van der Waals surface area (Å²) in [4.78, 5) is 20.7. The van der Waals surface area contributed by atoms with Gasteiger partial charge in [0.25, 0.3) is 0 Å². The van der Waals surface area contributed by atoms with E-state index in [0.717, 1.165) is 56.9 Å². The Morgan fingerprint density at radius 3 is 2.29 bits per heavy atom. The second kappa shape index (κ2) is 9.68. The number of piperazine rings is 1. The quantitative estimate of drug-likeness (QED) is 0.752. The molecule has 0 saturated carbocycles. The molecule has 3 heterocycles. The molecule has 1 aliphatic heterocycles. The van der Waals surface area contributed by atoms with Gasteiger partial charge in [-0.05, 0) is 45.9 Å². The Labute approximate surface area is 168 Å². The van der Waals surface area contributed by atoms with Gasteiger partial charge in [-0.25, -0.2) is 9.97 Å². The number of pyridine rings is 1. The molecule has 152 valence electrons. The molecule has 2 aromatic rings. The number of nitrogens with one attached hydrogen (secondary N) is 1. The average Bonchev–Trinajstić information content (AvgIpc) is 2.71. The number of nitrogens with zero attached hydrogens (tertiary/aromatic N) is 6. The van der Waals surface area contributed by atoms with E-state index in [1.54, 1.807) is 0 Å². The van der Waals surface area contributed by atoms with Gasteiger partial charge in [-0.3, -0.25) is 4.90 Å². The van der Waals surface area contributed by atoms with Crippen LogP contribution in [0.1, 0.15) is 27.7 Å². The lowest BCUT2D eigenvalue weighted by Gasteiger charge is -2.35. The first-order chi connectivity index (χ1) is 13.5. The van der Waals surface area contributed by atoms with Crippen molar-refractivity contribution in [1.29, 1.82) is 0 Å². The smallest absolute Gasteiger partial charge is 0.227 e. The third-order valence-electron chi connectivity index (χ3n) is 5.18. The van der Waals surface area contributed by atoms with Crippen LogP contribution in [-0.2, 0) is 0 Å². The Hall–Kier alpha value is -2.41. The monoisotopic (exact) mass is 383 g/mol. The molecule has 0 unspecified atom stereocenters. The van der Waals surface area contributed by atoms with Crippen molar-refractivity contribution in [3.63, 3.8) is 0 Å². The molecule has 28 heavy (non-hydrogen) atoms. The molecule has 3 rings (SSSR count). The van der Waals surface area contributed by atoms with Gasteiger partial charge in [0.05, 0.1) is 0 Å². The Kier molecular flexibility index (Phi) is 7.03. The minimum Gasteiger partial charge on any atom is -0.369 e. The summed E-state index contributed by atoms with van der Waals surface area (Å²) in [6.45, 7) is 14.5. The van der Waals surface area contributed by atoms with Crippen LogP contribution in [0, 0.1) is 0 Å². The van der Waals surface area contributed by atoms with Crippen molar-refractivity contribution in [1.82, 2.24) is 19.9 Å². The standard InChI is InChI=1S/C21H33N7/c1-17(2)28(18(3)4)12-11-22-19-8-10-24-21(25-19)27-15-13-26(14-16-27)20-7-5-6-9-23-20/h5-10,17-18H,11-16H2,1-4H3,(H,22,24,25). The van der Waals surface area contributed by atoms with Gasteiger partial charge in [-0.1, -0.05) is 6.07 Å². The molecule has 1 saturated heterocycles. The van der Waals surface area contributed by atoms with Crippen molar-refractivity contribution in [3.8, 4) is 0 Å². The number of anilines is 3. The Balaban J connectivity index is 1.52. The third kappa shape index (κ3) is 5.32. The minimum absolute atomic E-state index is 0.540. The highest BCUT2D eigenvalue weighted by molar-refractivity contribution is 5.45. The SMILES string of the molecule is CC(C)N(CCNc1ccnc(N2CCN(c3ccccn3)CC2)n1)C(C)C. The highest BCUT2D eigenvalue weighted by Crippen LogP contribution is 2.17. The maximum Gasteiger partial charge on any atom is 0.227 e. The van der Waals surface area contributed by atoms with Crippen LogP contribution < -0.4 is 15.1 Å². The van der Waals surface area contributed by atoms with Crippen LogP contribution in [-0.4, -0.2) is 71.2 Å². The van der Waals surface area contributed by atoms with E-state index in [2.05, 4.69) is 63.7 Å². The van der Waals surface area contributed by atoms with Crippen LogP contribution in [0.4, 0.5) is 17.6 Å². The van der Waals surface area contributed by atoms with E-state index < -0.39 is 0 Å². The average molecular weight is 384 g/mol. The first-order valence-electron chi connectivity index (χ1n) is 10.3. The molecule has 0 bridgehead atoms. The van der Waals surface area contributed by atoms with Crippen LogP contribution >= 0.6 is 0 Å². The highest BCUT2D eigenvalue weighted by atomic mass is 15.3. The molecule has 0 aromatic carbocycles. The van der Waals surface area contributed by atoms with E-state index in [4.69, 9.17) is 4.98 Å². The number of aromatic nitrogens is 3. The van der Waals surface area contributed by atoms with Gasteiger partial charge in [0.2, 0.25) is 5.95 Å². The van der Waals surface area contributed by atoms with Crippen molar-refractivity contribution in [2.75, 3.05) is 54.4 Å². The van der Waals surface area contributed by atoms with E-state index in [-0.39, 0.29) is 0 Å². The van der Waals surface area contributed by atoms with Gasteiger partial charge in [0, 0.05) is 63.7 Å². The van der Waals surface area contributed by atoms with Gasteiger partial charge in [-0.15, -0.1) is 0 Å². The molecule has 0 amide bonds. The van der Waals surface area contributed by atoms with Crippen LogP contribution in [0.15, 0.2) is 36.7 Å². The zero-order valence-electron chi connectivity index (χ0n) is 17.5. The largest absolute Gasteiger partial charge is 0.369 e. The second-order valence-electron chi connectivity index (χ2n) is 7.76. The summed E-state index contributed by atoms with van der Waals surface area (Å²) in [5.41, 5.74) is 0. The minimum atomic E-state index is 0.540. The number of rotatable bonds is 8. The summed E-state index contributed by atoms with van der Waals surface area (Å²) >= 11 is 0. The zero-order valence-corrected chi connectivity index (χ0v) is 17.5. The third-order valence-corrected chi connectivity index (χ3v) is 5.18. The Morgan fingerprint density at radius 2 is 1.64 bits per heavy atom. The molecule has 1 N–H and O–H groups in total. The lowest BCUT2D eigenvalue weighted by Crippen LogP contribution is -2.47. The van der Waals surface area contributed by atoms with E-state index in [9.17, 15) is 0 Å². The predicted octanol–water partition coefficient (Wildman–Crippen LogP) is 2.73. The normalized spacial score (nSPS) is 15.0. The lowest BCUT2D eigenvalue weighted by molar-refractivity contribution is 0.182.